The summed E-state index contributed by atoms with van der Waals surface area (Å²) in [6.45, 7) is 1.82. The second-order valence-corrected chi connectivity index (χ2v) is 5.32. The molecule has 1 saturated heterocycles. The largest absolute Gasteiger partial charge is 0.354 e. The zero-order valence-electron chi connectivity index (χ0n) is 9.71. The molecule has 17 heavy (non-hydrogen) atoms. The van der Waals surface area contributed by atoms with Crippen LogP contribution in [0.3, 0.4) is 0 Å². The molecular weight excluding hydrogens is 280 g/mol. The molecule has 2 rings (SSSR count). The Kier molecular flexibility index (Phi) is 4.57. The minimum atomic E-state index is 0.0943. The van der Waals surface area contributed by atoms with E-state index in [1.54, 1.807) is 0 Å². The molecule has 2 N–H and O–H groups in total. The lowest BCUT2D eigenvalue weighted by atomic mass is 10.1. The molecule has 3 nitrogen and oxygen atoms in total. The smallest absolute Gasteiger partial charge is 0.224 e. The molecule has 1 heterocycles. The summed E-state index contributed by atoms with van der Waals surface area (Å²) in [5.41, 5.74) is 1.04. The Morgan fingerprint density at radius 1 is 1.53 bits per heavy atom. The first-order valence-electron chi connectivity index (χ1n) is 5.98. The van der Waals surface area contributed by atoms with E-state index in [-0.39, 0.29) is 5.91 Å². The summed E-state index contributed by atoms with van der Waals surface area (Å²) < 4.78 is 1.01. The van der Waals surface area contributed by atoms with Crippen LogP contribution in [0.4, 0.5) is 0 Å². The number of carbonyl (C=O) groups is 1. The minimum Gasteiger partial charge on any atom is -0.354 e. The molecule has 1 fully saturated rings. The fourth-order valence-corrected chi connectivity index (χ4v) is 2.51. The number of carbonyl (C=O) groups excluding carboxylic acids is 1. The normalized spacial score (nSPS) is 19.2. The standard InChI is InChI=1S/C13H17BrN2O/c14-11-4-1-3-10(7-11)8-13(17)16-9-12-5-2-6-15-12/h1,3-4,7,12,15H,2,5-6,8-9H2,(H,16,17). The topological polar surface area (TPSA) is 41.1 Å². The zero-order valence-corrected chi connectivity index (χ0v) is 11.3. The van der Waals surface area contributed by atoms with Crippen molar-refractivity contribution < 1.29 is 4.79 Å². The van der Waals surface area contributed by atoms with Crippen molar-refractivity contribution in [3.8, 4) is 0 Å². The quantitative estimate of drug-likeness (QED) is 0.890. The molecule has 1 aromatic carbocycles. The van der Waals surface area contributed by atoms with Crippen LogP contribution in [0.25, 0.3) is 0 Å². The van der Waals surface area contributed by atoms with Gasteiger partial charge in [0.25, 0.3) is 0 Å². The van der Waals surface area contributed by atoms with Crippen molar-refractivity contribution in [3.63, 3.8) is 0 Å². The van der Waals surface area contributed by atoms with E-state index in [2.05, 4.69) is 26.6 Å². The second kappa shape index (κ2) is 6.17. The van der Waals surface area contributed by atoms with E-state index in [4.69, 9.17) is 0 Å². The van der Waals surface area contributed by atoms with Crippen molar-refractivity contribution >= 4 is 21.8 Å². The van der Waals surface area contributed by atoms with Crippen LogP contribution in [0.2, 0.25) is 0 Å². The Balaban J connectivity index is 1.76. The average molecular weight is 297 g/mol. The van der Waals surface area contributed by atoms with E-state index in [0.717, 1.165) is 29.5 Å². The molecule has 1 unspecified atom stereocenters. The van der Waals surface area contributed by atoms with Gasteiger partial charge < -0.3 is 10.6 Å². The van der Waals surface area contributed by atoms with Gasteiger partial charge in [-0.3, -0.25) is 4.79 Å². The van der Waals surface area contributed by atoms with Crippen molar-refractivity contribution in [1.29, 1.82) is 0 Å². The van der Waals surface area contributed by atoms with Crippen molar-refractivity contribution in [3.05, 3.63) is 34.3 Å². The Labute approximate surface area is 110 Å². The van der Waals surface area contributed by atoms with Gasteiger partial charge in [-0.1, -0.05) is 28.1 Å². The molecule has 1 aromatic rings. The van der Waals surface area contributed by atoms with Crippen LogP contribution in [0.15, 0.2) is 28.7 Å². The van der Waals surface area contributed by atoms with Crippen molar-refractivity contribution in [1.82, 2.24) is 10.6 Å². The molecule has 1 atom stereocenters. The zero-order chi connectivity index (χ0) is 12.1. The fourth-order valence-electron chi connectivity index (χ4n) is 2.06. The summed E-state index contributed by atoms with van der Waals surface area (Å²) in [5.74, 6) is 0.0943. The van der Waals surface area contributed by atoms with Crippen LogP contribution in [0, 0.1) is 0 Å². The highest BCUT2D eigenvalue weighted by Gasteiger charge is 2.14. The summed E-state index contributed by atoms with van der Waals surface area (Å²) in [6, 6.07) is 8.32. The number of rotatable bonds is 4. The van der Waals surface area contributed by atoms with Gasteiger partial charge in [0.05, 0.1) is 6.42 Å². The number of hydrogen-bond donors (Lipinski definition) is 2. The Morgan fingerprint density at radius 2 is 2.41 bits per heavy atom. The van der Waals surface area contributed by atoms with Crippen molar-refractivity contribution in [2.24, 2.45) is 0 Å². The third kappa shape index (κ3) is 4.13. The summed E-state index contributed by atoms with van der Waals surface area (Å²) in [4.78, 5) is 11.7. The van der Waals surface area contributed by atoms with Gasteiger partial charge in [0.2, 0.25) is 5.91 Å². The number of halogens is 1. The number of amides is 1. The Bertz CT molecular complexity index is 389. The molecular formula is C13H17BrN2O. The SMILES string of the molecule is O=C(Cc1cccc(Br)c1)NCC1CCCN1. The second-order valence-electron chi connectivity index (χ2n) is 4.40. The van der Waals surface area contributed by atoms with E-state index in [9.17, 15) is 4.79 Å². The highest BCUT2D eigenvalue weighted by atomic mass is 79.9. The van der Waals surface area contributed by atoms with Crippen LogP contribution >= 0.6 is 15.9 Å². The molecule has 0 aliphatic carbocycles. The maximum absolute atomic E-state index is 11.7. The van der Waals surface area contributed by atoms with Crippen LogP contribution < -0.4 is 10.6 Å². The molecule has 0 saturated carbocycles. The van der Waals surface area contributed by atoms with Crippen LogP contribution in [0.1, 0.15) is 18.4 Å². The molecule has 1 amide bonds. The van der Waals surface area contributed by atoms with E-state index in [1.807, 2.05) is 24.3 Å². The first-order valence-corrected chi connectivity index (χ1v) is 6.78. The van der Waals surface area contributed by atoms with E-state index in [1.165, 1.54) is 6.42 Å². The molecule has 0 spiro atoms. The van der Waals surface area contributed by atoms with Gasteiger partial charge in [0, 0.05) is 17.1 Å². The fraction of sp³-hybridized carbons (Fsp3) is 0.462. The summed E-state index contributed by atoms with van der Waals surface area (Å²) in [7, 11) is 0. The van der Waals surface area contributed by atoms with Crippen molar-refractivity contribution in [2.75, 3.05) is 13.1 Å². The van der Waals surface area contributed by atoms with Gasteiger partial charge in [0.1, 0.15) is 0 Å². The van der Waals surface area contributed by atoms with E-state index in [0.29, 0.717) is 12.5 Å². The Morgan fingerprint density at radius 3 is 3.12 bits per heavy atom. The maximum atomic E-state index is 11.7. The third-order valence-electron chi connectivity index (χ3n) is 2.96. The maximum Gasteiger partial charge on any atom is 0.224 e. The first kappa shape index (κ1) is 12.6. The summed E-state index contributed by atoms with van der Waals surface area (Å²) in [6.07, 6.45) is 2.83. The molecule has 0 radical (unpaired) electrons. The van der Waals surface area contributed by atoms with Gasteiger partial charge in [0.15, 0.2) is 0 Å². The molecule has 92 valence electrons. The minimum absolute atomic E-state index is 0.0943. The predicted octanol–water partition coefficient (Wildman–Crippen LogP) is 1.86. The highest BCUT2D eigenvalue weighted by Crippen LogP contribution is 2.12. The van der Waals surface area contributed by atoms with E-state index >= 15 is 0 Å². The summed E-state index contributed by atoms with van der Waals surface area (Å²) >= 11 is 3.40. The van der Waals surface area contributed by atoms with Gasteiger partial charge >= 0.3 is 0 Å². The van der Waals surface area contributed by atoms with Gasteiger partial charge in [-0.05, 0) is 37.1 Å². The van der Waals surface area contributed by atoms with Crippen LogP contribution in [0.5, 0.6) is 0 Å². The highest BCUT2D eigenvalue weighted by molar-refractivity contribution is 9.10. The lowest BCUT2D eigenvalue weighted by Crippen LogP contribution is -2.37. The van der Waals surface area contributed by atoms with Crippen LogP contribution in [-0.2, 0) is 11.2 Å². The molecule has 1 aliphatic rings. The Hall–Kier alpha value is -0.870. The van der Waals surface area contributed by atoms with E-state index < -0.39 is 0 Å². The number of nitrogens with one attached hydrogen (secondary N) is 2. The molecule has 4 heteroatoms. The number of hydrogen-bond acceptors (Lipinski definition) is 2. The molecule has 1 aliphatic heterocycles. The first-order chi connectivity index (χ1) is 8.24. The van der Waals surface area contributed by atoms with Crippen LogP contribution in [-0.4, -0.2) is 25.0 Å². The van der Waals surface area contributed by atoms with Gasteiger partial charge in [-0.2, -0.15) is 0 Å². The molecule has 0 bridgehead atoms. The van der Waals surface area contributed by atoms with Crippen molar-refractivity contribution in [2.45, 2.75) is 25.3 Å². The third-order valence-corrected chi connectivity index (χ3v) is 3.45. The summed E-state index contributed by atoms with van der Waals surface area (Å²) in [5, 5.41) is 6.34. The lowest BCUT2D eigenvalue weighted by Gasteiger charge is -2.11. The lowest BCUT2D eigenvalue weighted by molar-refractivity contribution is -0.120. The van der Waals surface area contributed by atoms with Gasteiger partial charge in [-0.15, -0.1) is 0 Å². The average Bonchev–Trinajstić information content (AvgIpc) is 2.79. The number of benzene rings is 1. The molecule has 0 aromatic heterocycles. The predicted molar refractivity (Wildman–Crippen MR) is 71.9 cm³/mol. The monoisotopic (exact) mass is 296 g/mol. The van der Waals surface area contributed by atoms with Gasteiger partial charge in [-0.25, -0.2) is 0 Å².